The van der Waals surface area contributed by atoms with Gasteiger partial charge in [-0.25, -0.2) is 0 Å². The molecule has 20 heavy (non-hydrogen) atoms. The van der Waals surface area contributed by atoms with Crippen molar-refractivity contribution in [2.24, 2.45) is 0 Å². The van der Waals surface area contributed by atoms with Gasteiger partial charge in [0, 0.05) is 0 Å². The molecule has 1 heterocycles. The van der Waals surface area contributed by atoms with Gasteiger partial charge in [0.15, 0.2) is 0 Å². The van der Waals surface area contributed by atoms with Crippen molar-refractivity contribution in [3.05, 3.63) is 22.4 Å². The quantitative estimate of drug-likeness (QED) is 0.352. The molecule has 0 unspecified atom stereocenters. The third kappa shape index (κ3) is 10.4. The van der Waals surface area contributed by atoms with E-state index < -0.39 is 0 Å². The summed E-state index contributed by atoms with van der Waals surface area (Å²) in [5.74, 6) is 0. The Labute approximate surface area is 130 Å². The first-order chi connectivity index (χ1) is 9.58. The van der Waals surface area contributed by atoms with Crippen LogP contribution in [0.5, 0.6) is 0 Å². The van der Waals surface area contributed by atoms with Crippen LogP contribution in [0.2, 0.25) is 0 Å². The molecule has 0 amide bonds. The van der Waals surface area contributed by atoms with Gasteiger partial charge >= 0.3 is 0 Å². The Hall–Kier alpha value is -0.340. The van der Waals surface area contributed by atoms with Gasteiger partial charge < -0.3 is 4.48 Å². The number of hydrogen-bond donors (Lipinski definition) is 0. The number of rotatable bonds is 12. The normalized spacial score (nSPS) is 11.9. The molecule has 0 saturated heterocycles. The summed E-state index contributed by atoms with van der Waals surface area (Å²) >= 11 is 1.82. The Kier molecular flexibility index (Phi) is 9.21. The molecule has 2 heteroatoms. The zero-order valence-corrected chi connectivity index (χ0v) is 14.7. The van der Waals surface area contributed by atoms with E-state index in [0.717, 1.165) is 4.48 Å². The van der Waals surface area contributed by atoms with Crippen LogP contribution in [0, 0.1) is 0 Å². The summed E-state index contributed by atoms with van der Waals surface area (Å²) < 4.78 is 1.12. The second-order valence-electron chi connectivity index (χ2n) is 7.08. The highest BCUT2D eigenvalue weighted by Gasteiger charge is 2.04. The second-order valence-corrected chi connectivity index (χ2v) is 7.86. The molecule has 0 aliphatic rings. The Bertz CT molecular complexity index is 311. The van der Waals surface area contributed by atoms with E-state index >= 15 is 0 Å². The summed E-state index contributed by atoms with van der Waals surface area (Å²) in [7, 11) is 6.86. The summed E-state index contributed by atoms with van der Waals surface area (Å²) in [5, 5.41) is 4.48. The lowest BCUT2D eigenvalue weighted by Gasteiger charge is -2.23. The van der Waals surface area contributed by atoms with E-state index in [1.54, 1.807) is 0 Å². The smallest absolute Gasteiger partial charge is 0.0780 e. The molecule has 0 aromatic carbocycles. The Balaban J connectivity index is 1.77. The highest BCUT2D eigenvalue weighted by atomic mass is 32.1. The lowest BCUT2D eigenvalue weighted by molar-refractivity contribution is -0.870. The van der Waals surface area contributed by atoms with E-state index in [1.165, 1.54) is 76.3 Å². The summed E-state index contributed by atoms with van der Waals surface area (Å²) in [5.41, 5.74) is 1.53. The molecule has 116 valence electrons. The average Bonchev–Trinajstić information content (AvgIpc) is 2.87. The summed E-state index contributed by atoms with van der Waals surface area (Å²) in [6.45, 7) is 1.32. The maximum Gasteiger partial charge on any atom is 0.0780 e. The lowest BCUT2D eigenvalue weighted by atomic mass is 10.0. The molecule has 0 aliphatic carbocycles. The minimum absolute atomic E-state index is 1.12. The molecule has 0 N–H and O–H groups in total. The molecule has 0 spiro atoms. The predicted octanol–water partition coefficient (Wildman–Crippen LogP) is 5.51. The van der Waals surface area contributed by atoms with Gasteiger partial charge in [-0.2, -0.15) is 11.3 Å². The Morgan fingerprint density at radius 2 is 1.35 bits per heavy atom. The Morgan fingerprint density at radius 3 is 1.85 bits per heavy atom. The van der Waals surface area contributed by atoms with Crippen molar-refractivity contribution in [2.45, 2.75) is 64.2 Å². The maximum absolute atomic E-state index is 2.29. The van der Waals surface area contributed by atoms with Crippen LogP contribution < -0.4 is 0 Å². The molecule has 0 aliphatic heterocycles. The zero-order valence-electron chi connectivity index (χ0n) is 13.9. The molecular formula is C18H34NS+. The van der Waals surface area contributed by atoms with E-state index in [2.05, 4.69) is 38.0 Å². The van der Waals surface area contributed by atoms with Crippen LogP contribution in [0.25, 0.3) is 0 Å². The zero-order chi connectivity index (χ0) is 14.7. The van der Waals surface area contributed by atoms with Gasteiger partial charge in [-0.1, -0.05) is 38.5 Å². The molecule has 0 radical (unpaired) electrons. The van der Waals surface area contributed by atoms with Gasteiger partial charge in [0.1, 0.15) is 0 Å². The molecule has 0 fully saturated rings. The van der Waals surface area contributed by atoms with Gasteiger partial charge in [0.05, 0.1) is 27.7 Å². The molecule has 0 atom stereocenters. The Morgan fingerprint density at radius 1 is 0.800 bits per heavy atom. The lowest BCUT2D eigenvalue weighted by Crippen LogP contribution is -2.35. The monoisotopic (exact) mass is 296 g/mol. The third-order valence-electron chi connectivity index (χ3n) is 3.87. The van der Waals surface area contributed by atoms with E-state index in [4.69, 9.17) is 0 Å². The summed E-state index contributed by atoms with van der Waals surface area (Å²) in [6.07, 6.45) is 14.1. The van der Waals surface area contributed by atoms with Gasteiger partial charge in [-0.3, -0.25) is 0 Å². The highest BCUT2D eigenvalue weighted by molar-refractivity contribution is 7.07. The number of unbranched alkanes of at least 4 members (excludes halogenated alkanes) is 8. The van der Waals surface area contributed by atoms with Crippen molar-refractivity contribution in [1.82, 2.24) is 0 Å². The number of quaternary nitrogens is 1. The van der Waals surface area contributed by atoms with Crippen LogP contribution in [0.15, 0.2) is 16.8 Å². The largest absolute Gasteiger partial charge is 0.331 e. The first kappa shape index (κ1) is 17.7. The molecule has 0 bridgehead atoms. The van der Waals surface area contributed by atoms with E-state index in [1.807, 2.05) is 11.3 Å². The van der Waals surface area contributed by atoms with Crippen molar-refractivity contribution >= 4 is 11.3 Å². The minimum atomic E-state index is 1.12. The van der Waals surface area contributed by atoms with Gasteiger partial charge in [0.2, 0.25) is 0 Å². The van der Waals surface area contributed by atoms with Gasteiger partial charge in [-0.05, 0) is 48.1 Å². The van der Waals surface area contributed by atoms with Crippen molar-refractivity contribution in [3.8, 4) is 0 Å². The fourth-order valence-corrected chi connectivity index (χ4v) is 3.29. The third-order valence-corrected chi connectivity index (χ3v) is 4.61. The SMILES string of the molecule is C[N+](C)(C)CCCCCCCCCCCc1ccsc1. The van der Waals surface area contributed by atoms with Crippen molar-refractivity contribution in [1.29, 1.82) is 0 Å². The standard InChI is InChI=1S/C18H34NS/c1-19(2,3)15-12-10-8-6-4-5-7-9-11-13-18-14-16-20-17-18/h14,16-17H,4-13,15H2,1-3H3/q+1. The first-order valence-electron chi connectivity index (χ1n) is 8.39. The summed E-state index contributed by atoms with van der Waals surface area (Å²) in [6, 6.07) is 2.26. The maximum atomic E-state index is 2.29. The summed E-state index contributed by atoms with van der Waals surface area (Å²) in [4.78, 5) is 0. The predicted molar refractivity (Wildman–Crippen MR) is 92.5 cm³/mol. The van der Waals surface area contributed by atoms with E-state index in [-0.39, 0.29) is 0 Å². The van der Waals surface area contributed by atoms with Gasteiger partial charge in [0.25, 0.3) is 0 Å². The first-order valence-corrected chi connectivity index (χ1v) is 9.34. The van der Waals surface area contributed by atoms with Gasteiger partial charge in [-0.15, -0.1) is 0 Å². The molecule has 0 saturated carbocycles. The number of hydrogen-bond acceptors (Lipinski definition) is 1. The fraction of sp³-hybridized carbons (Fsp3) is 0.778. The van der Waals surface area contributed by atoms with Crippen LogP contribution in [0.4, 0.5) is 0 Å². The molecule has 1 aromatic heterocycles. The van der Waals surface area contributed by atoms with E-state index in [0.29, 0.717) is 0 Å². The van der Waals surface area contributed by atoms with Crippen LogP contribution in [-0.2, 0) is 6.42 Å². The molecular weight excluding hydrogens is 262 g/mol. The van der Waals surface area contributed by atoms with Crippen molar-refractivity contribution in [2.75, 3.05) is 27.7 Å². The second kappa shape index (κ2) is 10.4. The van der Waals surface area contributed by atoms with Crippen LogP contribution in [-0.4, -0.2) is 32.2 Å². The number of thiophene rings is 1. The molecule has 1 nitrogen and oxygen atoms in total. The topological polar surface area (TPSA) is 0 Å². The van der Waals surface area contributed by atoms with Crippen LogP contribution >= 0.6 is 11.3 Å². The minimum Gasteiger partial charge on any atom is -0.331 e. The molecule has 1 aromatic rings. The van der Waals surface area contributed by atoms with Crippen LogP contribution in [0.1, 0.15) is 63.4 Å². The highest BCUT2D eigenvalue weighted by Crippen LogP contribution is 2.13. The average molecular weight is 297 g/mol. The van der Waals surface area contributed by atoms with E-state index in [9.17, 15) is 0 Å². The number of nitrogens with zero attached hydrogens (tertiary/aromatic N) is 1. The van der Waals surface area contributed by atoms with Crippen molar-refractivity contribution < 1.29 is 4.48 Å². The van der Waals surface area contributed by atoms with Crippen LogP contribution in [0.3, 0.4) is 0 Å². The molecule has 1 rings (SSSR count). The number of aryl methyl sites for hydroxylation is 1. The fourth-order valence-electron chi connectivity index (χ4n) is 2.59. The van der Waals surface area contributed by atoms with Crippen molar-refractivity contribution in [3.63, 3.8) is 0 Å².